The topological polar surface area (TPSA) is 154 Å². The van der Waals surface area contributed by atoms with E-state index in [4.69, 9.17) is 18.9 Å². The first-order valence-corrected chi connectivity index (χ1v) is 15.0. The first-order valence-electron chi connectivity index (χ1n) is 13.2. The van der Waals surface area contributed by atoms with Gasteiger partial charge in [0.1, 0.15) is 25.2 Å². The summed E-state index contributed by atoms with van der Waals surface area (Å²) in [5, 5.41) is 2.30. The van der Waals surface area contributed by atoms with E-state index in [-0.39, 0.29) is 47.4 Å². The Morgan fingerprint density at radius 2 is 1.79 bits per heavy atom. The van der Waals surface area contributed by atoms with Crippen molar-refractivity contribution in [1.82, 2.24) is 19.0 Å². The van der Waals surface area contributed by atoms with Crippen molar-refractivity contribution in [3.05, 3.63) is 84.1 Å². The van der Waals surface area contributed by atoms with Crippen molar-refractivity contribution in [2.75, 3.05) is 25.6 Å². The summed E-state index contributed by atoms with van der Waals surface area (Å²) in [5.41, 5.74) is 0.888. The molecule has 1 aliphatic rings. The van der Waals surface area contributed by atoms with Crippen LogP contribution in [0.1, 0.15) is 32.3 Å². The third-order valence-corrected chi connectivity index (χ3v) is 7.75. The molecule has 1 atom stereocenters. The van der Waals surface area contributed by atoms with Gasteiger partial charge >= 0.3 is 6.09 Å². The lowest BCUT2D eigenvalue weighted by Gasteiger charge is -2.32. The van der Waals surface area contributed by atoms with Crippen LogP contribution in [0.3, 0.4) is 0 Å². The summed E-state index contributed by atoms with van der Waals surface area (Å²) in [4.78, 5) is 24.7. The lowest BCUT2D eigenvalue weighted by molar-refractivity contribution is 0.132. The fourth-order valence-corrected chi connectivity index (χ4v) is 4.95. The molecular formula is C28H32N6O7S2. The molecule has 1 aliphatic heterocycles. The molecule has 2 aromatic heterocycles. The number of benzene rings is 1. The standard InChI is InChI=1S/C28H32N6O7S2/c1-18(2)20-12-13-24(30-17-20)43(36,37)33-26-25(41-22-10-6-5-9-21(22)38-4)27(31-19(3)34(26)42)39-15-16-40-28(35)32-23-11-7-8-14-29-23/h5-14,17-19,33,42H,15-16H2,1-4H3,(H,29,32,35). The number of sulfonamides is 1. The molecule has 1 unspecified atom stereocenters. The van der Waals surface area contributed by atoms with Gasteiger partial charge in [-0.2, -0.15) is 8.42 Å². The van der Waals surface area contributed by atoms with Gasteiger partial charge in [-0.05, 0) is 48.7 Å². The van der Waals surface area contributed by atoms with Gasteiger partial charge in [-0.15, -0.1) is 0 Å². The van der Waals surface area contributed by atoms with Crippen LogP contribution in [0.15, 0.2) is 88.6 Å². The number of aromatic nitrogens is 2. The number of para-hydroxylation sites is 2. The monoisotopic (exact) mass is 628 g/mol. The number of carbonyl (C=O) groups excluding carboxylic acids is 1. The van der Waals surface area contributed by atoms with Gasteiger partial charge in [-0.3, -0.25) is 14.3 Å². The van der Waals surface area contributed by atoms with Gasteiger partial charge in [0.05, 0.1) is 7.11 Å². The fraction of sp³-hybridized carbons (Fsp3) is 0.286. The Bertz CT molecular complexity index is 1580. The Morgan fingerprint density at radius 3 is 2.44 bits per heavy atom. The number of nitrogens with one attached hydrogen (secondary N) is 2. The number of hydrogen-bond donors (Lipinski definition) is 3. The minimum atomic E-state index is -4.20. The molecule has 0 fully saturated rings. The lowest BCUT2D eigenvalue weighted by Crippen LogP contribution is -2.42. The summed E-state index contributed by atoms with van der Waals surface area (Å²) in [5.74, 6) is 0.907. The lowest BCUT2D eigenvalue weighted by atomic mass is 10.1. The van der Waals surface area contributed by atoms with E-state index in [1.54, 1.807) is 55.5 Å². The van der Waals surface area contributed by atoms with Crippen molar-refractivity contribution in [2.24, 2.45) is 4.99 Å². The molecular weight excluding hydrogens is 596 g/mol. The molecule has 4 rings (SSSR count). The predicted octanol–water partition coefficient (Wildman–Crippen LogP) is 4.31. The van der Waals surface area contributed by atoms with Gasteiger partial charge in [-0.25, -0.2) is 19.8 Å². The average Bonchev–Trinajstić information content (AvgIpc) is 3.00. The van der Waals surface area contributed by atoms with Crippen molar-refractivity contribution in [3.8, 4) is 11.5 Å². The number of nitrogens with zero attached hydrogens (tertiary/aromatic N) is 4. The van der Waals surface area contributed by atoms with Gasteiger partial charge in [0.2, 0.25) is 5.76 Å². The fourth-order valence-electron chi connectivity index (χ4n) is 3.70. The highest BCUT2D eigenvalue weighted by Gasteiger charge is 2.34. The van der Waals surface area contributed by atoms with Crippen molar-refractivity contribution in [2.45, 2.75) is 37.9 Å². The smallest absolute Gasteiger partial charge is 0.412 e. The first kappa shape index (κ1) is 31.4. The molecule has 0 radical (unpaired) electrons. The Kier molecular flexibility index (Phi) is 10.3. The quantitative estimate of drug-likeness (QED) is 0.207. The van der Waals surface area contributed by atoms with Crippen LogP contribution in [0.2, 0.25) is 0 Å². The van der Waals surface area contributed by atoms with Crippen LogP contribution in [0.25, 0.3) is 0 Å². The number of carbonyl (C=O) groups is 1. The Hall–Kier alpha value is -4.50. The highest BCUT2D eigenvalue weighted by molar-refractivity contribution is 7.89. The summed E-state index contributed by atoms with van der Waals surface area (Å²) in [6, 6.07) is 15.0. The minimum Gasteiger partial charge on any atom is -0.493 e. The highest BCUT2D eigenvalue weighted by atomic mass is 32.2. The second-order valence-corrected chi connectivity index (χ2v) is 11.4. The molecule has 0 saturated carbocycles. The summed E-state index contributed by atoms with van der Waals surface area (Å²) < 4.78 is 53.3. The highest BCUT2D eigenvalue weighted by Crippen LogP contribution is 2.32. The SMILES string of the molecule is COc1ccccc1OC1=C(NS(=O)(=O)c2ccc(C(C)C)cn2)N(S)C(C)N=C1OCCOC(=O)Nc1ccccn1. The average molecular weight is 629 g/mol. The zero-order valence-corrected chi connectivity index (χ0v) is 25.6. The summed E-state index contributed by atoms with van der Waals surface area (Å²) in [6.45, 7) is 5.35. The van der Waals surface area contributed by atoms with E-state index in [9.17, 15) is 13.2 Å². The van der Waals surface area contributed by atoms with Crippen LogP contribution in [0.4, 0.5) is 10.6 Å². The molecule has 0 saturated heterocycles. The van der Waals surface area contributed by atoms with Gasteiger partial charge in [0.15, 0.2) is 22.3 Å². The zero-order chi connectivity index (χ0) is 31.0. The maximum atomic E-state index is 13.4. The molecule has 3 aromatic rings. The number of thiol groups is 1. The Balaban J connectivity index is 1.59. The third kappa shape index (κ3) is 8.08. The molecule has 228 valence electrons. The van der Waals surface area contributed by atoms with Crippen molar-refractivity contribution in [3.63, 3.8) is 0 Å². The summed E-state index contributed by atoms with van der Waals surface area (Å²) in [7, 11) is -2.73. The number of methoxy groups -OCH3 is 1. The van der Waals surface area contributed by atoms with E-state index in [1.165, 1.54) is 29.9 Å². The molecule has 15 heteroatoms. The Morgan fingerprint density at radius 1 is 1.05 bits per heavy atom. The van der Waals surface area contributed by atoms with E-state index in [1.807, 2.05) is 13.8 Å². The van der Waals surface area contributed by atoms with E-state index in [0.717, 1.165) is 5.56 Å². The van der Waals surface area contributed by atoms with Crippen LogP contribution in [-0.2, 0) is 19.5 Å². The number of rotatable bonds is 11. The minimum absolute atomic E-state index is 0.0572. The molecule has 1 amide bonds. The third-order valence-electron chi connectivity index (χ3n) is 5.96. The molecule has 2 N–H and O–H groups in total. The van der Waals surface area contributed by atoms with E-state index < -0.39 is 22.3 Å². The normalized spacial score (nSPS) is 15.1. The van der Waals surface area contributed by atoms with Gasteiger partial charge < -0.3 is 18.9 Å². The second-order valence-electron chi connectivity index (χ2n) is 9.36. The maximum absolute atomic E-state index is 13.4. The molecule has 0 bridgehead atoms. The first-order chi connectivity index (χ1) is 20.6. The van der Waals surface area contributed by atoms with Gasteiger partial charge in [-0.1, -0.05) is 50.9 Å². The van der Waals surface area contributed by atoms with Gasteiger partial charge in [0.25, 0.3) is 15.9 Å². The molecule has 0 aliphatic carbocycles. The number of amides is 1. The Labute approximate surface area is 255 Å². The van der Waals surface area contributed by atoms with Crippen LogP contribution in [0, 0.1) is 0 Å². The zero-order valence-electron chi connectivity index (χ0n) is 23.9. The van der Waals surface area contributed by atoms with Gasteiger partial charge in [0, 0.05) is 12.4 Å². The number of hydrogen-bond acceptors (Lipinski definition) is 12. The predicted molar refractivity (Wildman–Crippen MR) is 162 cm³/mol. The number of ether oxygens (including phenoxy) is 4. The largest absolute Gasteiger partial charge is 0.493 e. The number of pyridine rings is 2. The number of anilines is 1. The van der Waals surface area contributed by atoms with E-state index in [2.05, 4.69) is 37.8 Å². The number of aliphatic imine (C=N–C) groups is 1. The second kappa shape index (κ2) is 14.1. The van der Waals surface area contributed by atoms with Crippen LogP contribution >= 0.6 is 12.8 Å². The molecule has 1 aromatic carbocycles. The molecule has 0 spiro atoms. The summed E-state index contributed by atoms with van der Waals surface area (Å²) >= 11 is 4.49. The van der Waals surface area contributed by atoms with E-state index in [0.29, 0.717) is 11.6 Å². The van der Waals surface area contributed by atoms with Crippen LogP contribution < -0.4 is 19.5 Å². The van der Waals surface area contributed by atoms with Crippen molar-refractivity contribution in [1.29, 1.82) is 0 Å². The van der Waals surface area contributed by atoms with Crippen molar-refractivity contribution >= 4 is 40.6 Å². The van der Waals surface area contributed by atoms with Crippen molar-refractivity contribution < 1.29 is 32.2 Å². The molecule has 43 heavy (non-hydrogen) atoms. The van der Waals surface area contributed by atoms with Crippen LogP contribution in [0.5, 0.6) is 11.5 Å². The molecule has 13 nitrogen and oxygen atoms in total. The van der Waals surface area contributed by atoms with E-state index >= 15 is 0 Å². The molecule has 3 heterocycles. The van der Waals surface area contributed by atoms with Crippen LogP contribution in [-0.4, -0.2) is 61.2 Å². The summed E-state index contributed by atoms with van der Waals surface area (Å²) in [6.07, 6.45) is 1.63. The maximum Gasteiger partial charge on any atom is 0.412 e.